The van der Waals surface area contributed by atoms with Gasteiger partial charge in [-0.1, -0.05) is 17.7 Å². The summed E-state index contributed by atoms with van der Waals surface area (Å²) in [4.78, 5) is 12.0. The van der Waals surface area contributed by atoms with Gasteiger partial charge in [0.15, 0.2) is 0 Å². The third-order valence-electron chi connectivity index (χ3n) is 3.14. The van der Waals surface area contributed by atoms with E-state index in [1.807, 2.05) is 6.07 Å². The lowest BCUT2D eigenvalue weighted by atomic mass is 10.1. The summed E-state index contributed by atoms with van der Waals surface area (Å²) in [6.07, 6.45) is 0.678. The molecule has 2 heterocycles. The minimum atomic E-state index is -0.177. The van der Waals surface area contributed by atoms with E-state index in [0.29, 0.717) is 35.1 Å². The second-order valence-electron chi connectivity index (χ2n) is 4.33. The number of nitrogens with one attached hydrogen (secondary N) is 1. The van der Waals surface area contributed by atoms with Crippen molar-refractivity contribution in [2.75, 3.05) is 6.54 Å². The van der Waals surface area contributed by atoms with E-state index in [-0.39, 0.29) is 12.5 Å². The summed E-state index contributed by atoms with van der Waals surface area (Å²) in [5.41, 5.74) is 2.55. The summed E-state index contributed by atoms with van der Waals surface area (Å²) < 4.78 is 1.54. The number of halogens is 1. The quantitative estimate of drug-likeness (QED) is 0.870. The predicted molar refractivity (Wildman–Crippen MR) is 70.5 cm³/mol. The minimum absolute atomic E-state index is 0.173. The predicted octanol–water partition coefficient (Wildman–Crippen LogP) is 1.30. The van der Waals surface area contributed by atoms with Crippen LogP contribution in [0.25, 0.3) is 5.69 Å². The molecule has 1 aromatic carbocycles. The van der Waals surface area contributed by atoms with Crippen molar-refractivity contribution in [1.29, 1.82) is 0 Å². The first-order valence-corrected chi connectivity index (χ1v) is 6.34. The normalized spacial score (nSPS) is 14.1. The summed E-state index contributed by atoms with van der Waals surface area (Å²) in [6.45, 7) is 0.392. The molecule has 2 aromatic rings. The van der Waals surface area contributed by atoms with Crippen LogP contribution >= 0.6 is 11.6 Å². The van der Waals surface area contributed by atoms with Gasteiger partial charge >= 0.3 is 0 Å². The van der Waals surface area contributed by atoms with E-state index >= 15 is 0 Å². The first kappa shape index (κ1) is 12.2. The van der Waals surface area contributed by atoms with Gasteiger partial charge in [0.2, 0.25) is 0 Å². The number of amides is 1. The topological polar surface area (TPSA) is 67.2 Å². The van der Waals surface area contributed by atoms with Gasteiger partial charge in [-0.2, -0.15) is 5.10 Å². The van der Waals surface area contributed by atoms with Crippen molar-refractivity contribution in [2.45, 2.75) is 13.0 Å². The number of carbonyl (C=O) groups excluding carboxylic acids is 1. The molecule has 6 heteroatoms. The van der Waals surface area contributed by atoms with Gasteiger partial charge < -0.3 is 10.4 Å². The van der Waals surface area contributed by atoms with Crippen LogP contribution < -0.4 is 5.32 Å². The molecular weight excluding hydrogens is 266 g/mol. The maximum atomic E-state index is 12.0. The Hall–Kier alpha value is -1.85. The van der Waals surface area contributed by atoms with Gasteiger partial charge in [-0.3, -0.25) is 4.79 Å². The standard InChI is InChI=1S/C13H12ClN3O2/c14-8-2-1-3-9(6-8)17-12-10(11(7-18)16-17)4-5-15-13(12)19/h1-3,6,18H,4-5,7H2,(H,15,19). The van der Waals surface area contributed by atoms with Crippen LogP contribution in [0.4, 0.5) is 0 Å². The molecular formula is C13H12ClN3O2. The van der Waals surface area contributed by atoms with Crippen molar-refractivity contribution >= 4 is 17.5 Å². The van der Waals surface area contributed by atoms with Crippen LogP contribution in [-0.4, -0.2) is 27.3 Å². The number of aliphatic hydroxyl groups excluding tert-OH is 1. The smallest absolute Gasteiger partial charge is 0.270 e. The SMILES string of the molecule is O=C1NCCc2c(CO)nn(-c3cccc(Cl)c3)c21. The Morgan fingerprint density at radius 2 is 2.32 bits per heavy atom. The van der Waals surface area contributed by atoms with Crippen LogP contribution in [0.15, 0.2) is 24.3 Å². The molecule has 0 saturated carbocycles. The number of carbonyl (C=O) groups is 1. The first-order chi connectivity index (χ1) is 9.20. The van der Waals surface area contributed by atoms with E-state index in [1.54, 1.807) is 22.9 Å². The fourth-order valence-corrected chi connectivity index (χ4v) is 2.48. The van der Waals surface area contributed by atoms with E-state index in [1.165, 1.54) is 0 Å². The average Bonchev–Trinajstić information content (AvgIpc) is 2.79. The van der Waals surface area contributed by atoms with Crippen molar-refractivity contribution < 1.29 is 9.90 Å². The summed E-state index contributed by atoms with van der Waals surface area (Å²) in [7, 11) is 0. The lowest BCUT2D eigenvalue weighted by molar-refractivity contribution is 0.0938. The zero-order valence-electron chi connectivity index (χ0n) is 10.1. The maximum absolute atomic E-state index is 12.0. The highest BCUT2D eigenvalue weighted by atomic mass is 35.5. The number of fused-ring (bicyclic) bond motifs is 1. The zero-order valence-corrected chi connectivity index (χ0v) is 10.8. The van der Waals surface area contributed by atoms with Gasteiger partial charge in [0.05, 0.1) is 18.0 Å². The van der Waals surface area contributed by atoms with E-state index in [2.05, 4.69) is 10.4 Å². The van der Waals surface area contributed by atoms with Crippen LogP contribution in [0, 0.1) is 0 Å². The Labute approximate surface area is 114 Å². The molecule has 0 fully saturated rings. The first-order valence-electron chi connectivity index (χ1n) is 5.96. The molecule has 2 N–H and O–H groups in total. The summed E-state index contributed by atoms with van der Waals surface area (Å²) in [5, 5.41) is 17.0. The number of hydrogen-bond acceptors (Lipinski definition) is 3. The lowest BCUT2D eigenvalue weighted by Crippen LogP contribution is -2.33. The third-order valence-corrected chi connectivity index (χ3v) is 3.38. The molecule has 5 nitrogen and oxygen atoms in total. The molecule has 1 amide bonds. The van der Waals surface area contributed by atoms with Gasteiger partial charge in [-0.25, -0.2) is 4.68 Å². The van der Waals surface area contributed by atoms with Crippen molar-refractivity contribution in [3.05, 3.63) is 46.2 Å². The highest BCUT2D eigenvalue weighted by Crippen LogP contribution is 2.23. The second-order valence-corrected chi connectivity index (χ2v) is 4.77. The van der Waals surface area contributed by atoms with Crippen LogP contribution in [0.2, 0.25) is 5.02 Å². The summed E-state index contributed by atoms with van der Waals surface area (Å²) in [5.74, 6) is -0.173. The fraction of sp³-hybridized carbons (Fsp3) is 0.231. The molecule has 0 radical (unpaired) electrons. The molecule has 0 atom stereocenters. The molecule has 98 valence electrons. The Morgan fingerprint density at radius 3 is 3.05 bits per heavy atom. The number of benzene rings is 1. The third kappa shape index (κ3) is 2.01. The van der Waals surface area contributed by atoms with Gasteiger partial charge in [0, 0.05) is 17.1 Å². The Kier molecular flexibility index (Phi) is 3.00. The Morgan fingerprint density at radius 1 is 1.47 bits per heavy atom. The van der Waals surface area contributed by atoms with Gasteiger partial charge in [-0.15, -0.1) is 0 Å². The molecule has 0 bridgehead atoms. The van der Waals surface area contributed by atoms with Gasteiger partial charge in [0.1, 0.15) is 5.69 Å². The lowest BCUT2D eigenvalue weighted by Gasteiger charge is -2.15. The van der Waals surface area contributed by atoms with Crippen molar-refractivity contribution in [3.8, 4) is 5.69 Å². The molecule has 1 aliphatic rings. The number of aromatic nitrogens is 2. The van der Waals surface area contributed by atoms with Crippen LogP contribution in [-0.2, 0) is 13.0 Å². The minimum Gasteiger partial charge on any atom is -0.390 e. The highest BCUT2D eigenvalue weighted by molar-refractivity contribution is 6.30. The second kappa shape index (κ2) is 4.68. The fourth-order valence-electron chi connectivity index (χ4n) is 2.30. The molecule has 3 rings (SSSR count). The Balaban J connectivity index is 2.22. The van der Waals surface area contributed by atoms with Crippen LogP contribution in [0.3, 0.4) is 0 Å². The van der Waals surface area contributed by atoms with E-state index < -0.39 is 0 Å². The van der Waals surface area contributed by atoms with E-state index in [9.17, 15) is 9.90 Å². The number of nitrogens with zero attached hydrogens (tertiary/aromatic N) is 2. The van der Waals surface area contributed by atoms with Gasteiger partial charge in [-0.05, 0) is 24.6 Å². The van der Waals surface area contributed by atoms with Crippen LogP contribution in [0.5, 0.6) is 0 Å². The zero-order chi connectivity index (χ0) is 13.4. The summed E-state index contributed by atoms with van der Waals surface area (Å²) >= 11 is 5.96. The average molecular weight is 278 g/mol. The van der Waals surface area contributed by atoms with Crippen molar-refractivity contribution in [1.82, 2.24) is 15.1 Å². The summed E-state index contributed by atoms with van der Waals surface area (Å²) in [6, 6.07) is 7.11. The Bertz CT molecular complexity index is 651. The molecule has 0 spiro atoms. The number of rotatable bonds is 2. The van der Waals surface area contributed by atoms with Gasteiger partial charge in [0.25, 0.3) is 5.91 Å². The molecule has 0 unspecified atom stereocenters. The molecule has 0 aliphatic carbocycles. The molecule has 0 saturated heterocycles. The molecule has 1 aromatic heterocycles. The largest absolute Gasteiger partial charge is 0.390 e. The highest BCUT2D eigenvalue weighted by Gasteiger charge is 2.26. The monoisotopic (exact) mass is 277 g/mol. The van der Waals surface area contributed by atoms with Crippen molar-refractivity contribution in [2.24, 2.45) is 0 Å². The molecule has 1 aliphatic heterocycles. The maximum Gasteiger partial charge on any atom is 0.270 e. The van der Waals surface area contributed by atoms with E-state index in [4.69, 9.17) is 11.6 Å². The molecule has 19 heavy (non-hydrogen) atoms. The van der Waals surface area contributed by atoms with Crippen LogP contribution in [0.1, 0.15) is 21.7 Å². The van der Waals surface area contributed by atoms with Crippen molar-refractivity contribution in [3.63, 3.8) is 0 Å². The number of aliphatic hydroxyl groups is 1. The number of hydrogen-bond donors (Lipinski definition) is 2. The van der Waals surface area contributed by atoms with E-state index in [0.717, 1.165) is 5.56 Å².